The Labute approximate surface area is 295 Å². The fraction of sp³-hybridized carbons (Fsp3) is 0.0638. The number of oxazole rings is 2. The predicted molar refractivity (Wildman–Crippen MR) is 206 cm³/mol. The summed E-state index contributed by atoms with van der Waals surface area (Å²) in [5.41, 5.74) is 17.0. The van der Waals surface area contributed by atoms with Crippen molar-refractivity contribution in [3.05, 3.63) is 169 Å². The van der Waals surface area contributed by atoms with E-state index in [1.54, 1.807) is 0 Å². The van der Waals surface area contributed by atoms with Crippen molar-refractivity contribution in [3.8, 4) is 67.4 Å². The first kappa shape index (κ1) is 29.4. The summed E-state index contributed by atoms with van der Waals surface area (Å²) in [4.78, 5) is 9.66. The van der Waals surface area contributed by atoms with E-state index in [-0.39, 0.29) is 5.41 Å². The van der Waals surface area contributed by atoms with Gasteiger partial charge in [0.15, 0.2) is 11.2 Å². The Morgan fingerprint density at radius 3 is 1.55 bits per heavy atom. The van der Waals surface area contributed by atoms with Gasteiger partial charge in [0, 0.05) is 16.5 Å². The summed E-state index contributed by atoms with van der Waals surface area (Å²) in [5.74, 6) is 1.11. The van der Waals surface area contributed by atoms with E-state index in [1.807, 2.05) is 54.6 Å². The summed E-state index contributed by atoms with van der Waals surface area (Å²) in [7, 11) is 0. The van der Waals surface area contributed by atoms with E-state index in [2.05, 4.69) is 117 Å². The number of benzene rings is 7. The molecule has 0 radical (unpaired) electrons. The first-order chi connectivity index (χ1) is 25.0. The van der Waals surface area contributed by atoms with E-state index in [0.29, 0.717) is 11.8 Å². The molecule has 7 aromatic carbocycles. The van der Waals surface area contributed by atoms with Gasteiger partial charge < -0.3 is 8.83 Å². The maximum absolute atomic E-state index is 6.25. The Morgan fingerprint density at radius 1 is 0.373 bits per heavy atom. The number of fused-ring (bicyclic) bond motifs is 5. The molecule has 51 heavy (non-hydrogen) atoms. The lowest BCUT2D eigenvalue weighted by Crippen LogP contribution is -2.15. The Bertz CT molecular complexity index is 2630. The molecule has 0 N–H and O–H groups in total. The Hall–Kier alpha value is -6.52. The van der Waals surface area contributed by atoms with Crippen LogP contribution < -0.4 is 0 Å². The Morgan fingerprint density at radius 2 is 0.882 bits per heavy atom. The van der Waals surface area contributed by atoms with Crippen molar-refractivity contribution in [1.82, 2.24) is 9.97 Å². The molecule has 4 heteroatoms. The molecule has 0 bridgehead atoms. The lowest BCUT2D eigenvalue weighted by Gasteiger charge is -2.22. The summed E-state index contributed by atoms with van der Waals surface area (Å²) in [6, 6.07) is 55.3. The smallest absolute Gasteiger partial charge is 0.227 e. The van der Waals surface area contributed by atoms with Crippen LogP contribution in [-0.4, -0.2) is 9.97 Å². The van der Waals surface area contributed by atoms with Gasteiger partial charge in [-0.3, -0.25) is 0 Å². The van der Waals surface area contributed by atoms with Gasteiger partial charge in [0.1, 0.15) is 11.0 Å². The van der Waals surface area contributed by atoms with E-state index >= 15 is 0 Å². The number of para-hydroxylation sites is 4. The minimum absolute atomic E-state index is 0.0952. The molecule has 0 amide bonds. The summed E-state index contributed by atoms with van der Waals surface area (Å²) < 4.78 is 12.5. The van der Waals surface area contributed by atoms with Crippen LogP contribution in [0.3, 0.4) is 0 Å². The molecular formula is C47H32N2O2. The van der Waals surface area contributed by atoms with E-state index < -0.39 is 0 Å². The van der Waals surface area contributed by atoms with Gasteiger partial charge in [-0.25, -0.2) is 9.97 Å². The largest absolute Gasteiger partial charge is 0.436 e. The molecule has 0 unspecified atom stereocenters. The van der Waals surface area contributed by atoms with Crippen LogP contribution in [0.1, 0.15) is 25.0 Å². The first-order valence-electron chi connectivity index (χ1n) is 17.3. The van der Waals surface area contributed by atoms with Crippen molar-refractivity contribution in [2.75, 3.05) is 0 Å². The van der Waals surface area contributed by atoms with Crippen LogP contribution in [0.5, 0.6) is 0 Å². The SMILES string of the molecule is CC1(C)c2ccc(-c3cccc(-c4cc(-c5nc6ccccc6o5)cc(-c5nc6ccccc6o5)c4)c3)cc2-c2ccc(-c3ccccc3)cc21. The van der Waals surface area contributed by atoms with Crippen molar-refractivity contribution in [1.29, 1.82) is 0 Å². The Balaban J connectivity index is 1.08. The van der Waals surface area contributed by atoms with E-state index in [4.69, 9.17) is 18.8 Å². The molecule has 2 heterocycles. The lowest BCUT2D eigenvalue weighted by molar-refractivity contribution is 0.617. The minimum atomic E-state index is -0.0952. The molecule has 9 aromatic rings. The highest BCUT2D eigenvalue weighted by atomic mass is 16.4. The number of aromatic nitrogens is 2. The second-order valence-corrected chi connectivity index (χ2v) is 13.9. The third kappa shape index (κ3) is 4.91. The highest BCUT2D eigenvalue weighted by Crippen LogP contribution is 2.50. The molecule has 1 aliphatic carbocycles. The normalized spacial score (nSPS) is 13.1. The molecule has 242 valence electrons. The molecule has 1 aliphatic rings. The van der Waals surface area contributed by atoms with Gasteiger partial charge in [0.25, 0.3) is 0 Å². The molecule has 2 aromatic heterocycles. The molecule has 0 fully saturated rings. The van der Waals surface area contributed by atoms with Crippen molar-refractivity contribution in [2.24, 2.45) is 0 Å². The number of hydrogen-bond donors (Lipinski definition) is 0. The van der Waals surface area contributed by atoms with Gasteiger partial charge in [0.05, 0.1) is 0 Å². The van der Waals surface area contributed by atoms with Crippen LogP contribution in [-0.2, 0) is 5.41 Å². The van der Waals surface area contributed by atoms with Crippen LogP contribution in [0.15, 0.2) is 167 Å². The molecule has 0 aliphatic heterocycles. The predicted octanol–water partition coefficient (Wildman–Crippen LogP) is 12.6. The molecule has 0 spiro atoms. The summed E-state index contributed by atoms with van der Waals surface area (Å²) in [6.45, 7) is 4.68. The second-order valence-electron chi connectivity index (χ2n) is 13.9. The van der Waals surface area contributed by atoms with Crippen LogP contribution in [0.4, 0.5) is 0 Å². The number of nitrogens with zero attached hydrogens (tertiary/aromatic N) is 2. The minimum Gasteiger partial charge on any atom is -0.436 e. The fourth-order valence-corrected chi connectivity index (χ4v) is 7.65. The Kier molecular flexibility index (Phi) is 6.49. The highest BCUT2D eigenvalue weighted by Gasteiger charge is 2.35. The molecule has 4 nitrogen and oxygen atoms in total. The van der Waals surface area contributed by atoms with E-state index in [0.717, 1.165) is 50.0 Å². The van der Waals surface area contributed by atoms with Gasteiger partial charge in [-0.15, -0.1) is 0 Å². The first-order valence-corrected chi connectivity index (χ1v) is 17.3. The quantitative estimate of drug-likeness (QED) is 0.185. The summed E-state index contributed by atoms with van der Waals surface area (Å²) >= 11 is 0. The van der Waals surface area contributed by atoms with Gasteiger partial charge in [-0.05, 0) is 116 Å². The zero-order chi connectivity index (χ0) is 34.1. The van der Waals surface area contributed by atoms with E-state index in [1.165, 1.54) is 38.9 Å². The van der Waals surface area contributed by atoms with Crippen LogP contribution in [0.25, 0.3) is 89.6 Å². The van der Waals surface area contributed by atoms with Crippen molar-refractivity contribution >= 4 is 22.2 Å². The molecule has 0 atom stereocenters. The summed E-state index contributed by atoms with van der Waals surface area (Å²) in [5, 5.41) is 0. The average molecular weight is 657 g/mol. The molecule has 0 saturated carbocycles. The number of hydrogen-bond acceptors (Lipinski definition) is 4. The highest BCUT2D eigenvalue weighted by molar-refractivity contribution is 5.88. The van der Waals surface area contributed by atoms with Crippen molar-refractivity contribution < 1.29 is 8.83 Å². The molecule has 0 saturated heterocycles. The average Bonchev–Trinajstić information content (AvgIpc) is 3.88. The lowest BCUT2D eigenvalue weighted by atomic mass is 9.81. The maximum Gasteiger partial charge on any atom is 0.227 e. The van der Waals surface area contributed by atoms with Crippen LogP contribution >= 0.6 is 0 Å². The monoisotopic (exact) mass is 656 g/mol. The van der Waals surface area contributed by atoms with E-state index in [9.17, 15) is 0 Å². The zero-order valence-electron chi connectivity index (χ0n) is 28.2. The molecular weight excluding hydrogens is 625 g/mol. The van der Waals surface area contributed by atoms with Gasteiger partial charge in [0.2, 0.25) is 11.8 Å². The van der Waals surface area contributed by atoms with Gasteiger partial charge in [-0.1, -0.05) is 111 Å². The topological polar surface area (TPSA) is 52.1 Å². The standard InChI is InChI=1S/C47H32N2O2/c1-47(2)39-22-20-32(27-38(39)37-21-19-33(28-40(37)47)29-11-4-3-5-12-29)30-13-10-14-31(23-30)34-24-35(45-48-41-15-6-8-17-43(41)50-45)26-36(25-34)46-49-42-16-7-9-18-44(42)51-46/h3-28H,1-2H3. The number of rotatable bonds is 5. The zero-order valence-corrected chi connectivity index (χ0v) is 28.2. The summed E-state index contributed by atoms with van der Waals surface area (Å²) in [6.07, 6.45) is 0. The van der Waals surface area contributed by atoms with Gasteiger partial charge >= 0.3 is 0 Å². The molecule has 10 rings (SSSR count). The maximum atomic E-state index is 6.25. The third-order valence-corrected chi connectivity index (χ3v) is 10.3. The van der Waals surface area contributed by atoms with Crippen LogP contribution in [0, 0.1) is 0 Å². The second kappa shape index (κ2) is 11.3. The van der Waals surface area contributed by atoms with Crippen LogP contribution in [0.2, 0.25) is 0 Å². The van der Waals surface area contributed by atoms with Crippen molar-refractivity contribution in [3.63, 3.8) is 0 Å². The third-order valence-electron chi connectivity index (χ3n) is 10.3. The van der Waals surface area contributed by atoms with Gasteiger partial charge in [-0.2, -0.15) is 0 Å². The fourth-order valence-electron chi connectivity index (χ4n) is 7.65. The van der Waals surface area contributed by atoms with Crippen molar-refractivity contribution in [2.45, 2.75) is 19.3 Å².